The van der Waals surface area contributed by atoms with Gasteiger partial charge >= 0.3 is 0 Å². The first-order valence-corrected chi connectivity index (χ1v) is 17.4. The van der Waals surface area contributed by atoms with Gasteiger partial charge in [0.1, 0.15) is 0 Å². The predicted octanol–water partition coefficient (Wildman–Crippen LogP) is 12.5. The highest BCUT2D eigenvalue weighted by molar-refractivity contribution is 6.10. The Bertz CT molecular complexity index is 2670. The minimum atomic E-state index is 0.729. The summed E-state index contributed by atoms with van der Waals surface area (Å²) in [5.41, 5.74) is 15.7. The van der Waals surface area contributed by atoms with Crippen molar-refractivity contribution in [3.63, 3.8) is 0 Å². The van der Waals surface area contributed by atoms with Crippen LogP contribution < -0.4 is 0 Å². The van der Waals surface area contributed by atoms with Crippen LogP contribution in [0.25, 0.3) is 83.6 Å². The zero-order chi connectivity index (χ0) is 34.3. The fraction of sp³-hybridized carbons (Fsp3) is 0.0417. The van der Waals surface area contributed by atoms with E-state index in [9.17, 15) is 0 Å². The maximum absolute atomic E-state index is 5.20. The van der Waals surface area contributed by atoms with Crippen LogP contribution in [0.1, 0.15) is 11.1 Å². The molecule has 0 bridgehead atoms. The number of hydrogen-bond acceptors (Lipinski definition) is 2. The third-order valence-electron chi connectivity index (χ3n) is 10.0. The lowest BCUT2D eigenvalue weighted by Crippen LogP contribution is -2.01. The molecule has 7 aromatic carbocycles. The highest BCUT2D eigenvalue weighted by Gasteiger charge is 2.19. The molecule has 0 saturated heterocycles. The summed E-state index contributed by atoms with van der Waals surface area (Å²) in [6.45, 7) is 4.35. The summed E-state index contributed by atoms with van der Waals surface area (Å²) < 4.78 is 2.37. The average molecular weight is 654 g/mol. The lowest BCUT2D eigenvalue weighted by atomic mass is 9.91. The van der Waals surface area contributed by atoms with Crippen LogP contribution in [0.5, 0.6) is 0 Å². The van der Waals surface area contributed by atoms with Crippen molar-refractivity contribution in [1.29, 1.82) is 0 Å². The van der Waals surface area contributed by atoms with Crippen LogP contribution in [0.4, 0.5) is 0 Å². The summed E-state index contributed by atoms with van der Waals surface area (Å²) >= 11 is 0. The van der Waals surface area contributed by atoms with Gasteiger partial charge in [-0.2, -0.15) is 0 Å². The van der Waals surface area contributed by atoms with Gasteiger partial charge in [0, 0.05) is 38.7 Å². The van der Waals surface area contributed by atoms with Crippen molar-refractivity contribution in [2.45, 2.75) is 13.8 Å². The third kappa shape index (κ3) is 5.40. The molecule has 2 aromatic heterocycles. The Morgan fingerprint density at radius 2 is 0.941 bits per heavy atom. The Morgan fingerprint density at radius 3 is 1.69 bits per heavy atom. The first-order chi connectivity index (χ1) is 25.1. The van der Waals surface area contributed by atoms with Gasteiger partial charge in [0.25, 0.3) is 0 Å². The summed E-state index contributed by atoms with van der Waals surface area (Å²) in [5, 5.41) is 2.52. The molecular weight excluding hydrogens is 619 g/mol. The smallest absolute Gasteiger partial charge is 0.160 e. The third-order valence-corrected chi connectivity index (χ3v) is 10.0. The molecule has 0 radical (unpaired) electrons. The lowest BCUT2D eigenvalue weighted by molar-refractivity contribution is 1.14. The maximum atomic E-state index is 5.20. The molecule has 9 aromatic rings. The topological polar surface area (TPSA) is 30.7 Å². The van der Waals surface area contributed by atoms with Gasteiger partial charge in [-0.3, -0.25) is 0 Å². The summed E-state index contributed by atoms with van der Waals surface area (Å²) in [6, 6.07) is 62.4. The minimum absolute atomic E-state index is 0.729. The van der Waals surface area contributed by atoms with Crippen molar-refractivity contribution in [1.82, 2.24) is 14.5 Å². The van der Waals surface area contributed by atoms with E-state index in [2.05, 4.69) is 170 Å². The van der Waals surface area contributed by atoms with Crippen LogP contribution in [0.2, 0.25) is 0 Å². The fourth-order valence-electron chi connectivity index (χ4n) is 7.42. The average Bonchev–Trinajstić information content (AvgIpc) is 3.53. The minimum Gasteiger partial charge on any atom is -0.309 e. The van der Waals surface area contributed by atoms with Crippen LogP contribution in [-0.4, -0.2) is 14.5 Å². The van der Waals surface area contributed by atoms with Gasteiger partial charge in [0.2, 0.25) is 0 Å². The van der Waals surface area contributed by atoms with E-state index in [0.717, 1.165) is 45.2 Å². The van der Waals surface area contributed by atoms with Crippen molar-refractivity contribution in [3.05, 3.63) is 187 Å². The molecule has 0 N–H and O–H groups in total. The number of rotatable bonds is 6. The highest BCUT2D eigenvalue weighted by atomic mass is 15.0. The van der Waals surface area contributed by atoms with E-state index in [0.29, 0.717) is 0 Å². The fourth-order valence-corrected chi connectivity index (χ4v) is 7.42. The van der Waals surface area contributed by atoms with Crippen molar-refractivity contribution in [2.75, 3.05) is 0 Å². The molecule has 0 amide bonds. The van der Waals surface area contributed by atoms with Gasteiger partial charge in [-0.15, -0.1) is 0 Å². The molecule has 0 aliphatic heterocycles. The molecular formula is C48H35N3. The molecule has 0 aliphatic carbocycles. The zero-order valence-corrected chi connectivity index (χ0v) is 28.6. The molecule has 51 heavy (non-hydrogen) atoms. The Labute approximate surface area is 298 Å². The van der Waals surface area contributed by atoms with Crippen molar-refractivity contribution in [2.24, 2.45) is 0 Å². The number of aromatic nitrogens is 3. The lowest BCUT2D eigenvalue weighted by Gasteiger charge is -2.17. The zero-order valence-electron chi connectivity index (χ0n) is 28.6. The largest absolute Gasteiger partial charge is 0.309 e. The first kappa shape index (κ1) is 30.5. The second-order valence-electron chi connectivity index (χ2n) is 13.1. The summed E-state index contributed by atoms with van der Waals surface area (Å²) in [7, 11) is 0. The van der Waals surface area contributed by atoms with E-state index in [1.165, 1.54) is 49.6 Å². The van der Waals surface area contributed by atoms with Crippen molar-refractivity contribution < 1.29 is 0 Å². The standard InChI is InChI=1S/C48H35N3/c1-32-40(22-14-23-41(32)47-33(2)46(36-15-6-3-7-16-36)49-48(50-47)37-17-8-4-9-18-37)35-27-25-34(26-28-35)38-29-30-43-42-21-12-13-24-44(42)51(45(43)31-38)39-19-10-5-11-20-39/h3-31H,1-2H3. The van der Waals surface area contributed by atoms with Gasteiger partial charge in [-0.25, -0.2) is 9.97 Å². The second-order valence-corrected chi connectivity index (χ2v) is 13.1. The monoisotopic (exact) mass is 653 g/mol. The molecule has 0 unspecified atom stereocenters. The van der Waals surface area contributed by atoms with E-state index in [1.807, 2.05) is 24.3 Å². The van der Waals surface area contributed by atoms with E-state index in [1.54, 1.807) is 0 Å². The summed E-state index contributed by atoms with van der Waals surface area (Å²) in [5.74, 6) is 0.729. The molecule has 242 valence electrons. The van der Waals surface area contributed by atoms with E-state index < -0.39 is 0 Å². The SMILES string of the molecule is Cc1c(-c2ccc(-c3ccc4c5ccccc5n(-c5ccccc5)c4c3)cc2)cccc1-c1nc(-c2ccccc2)nc(-c2ccccc2)c1C. The molecule has 9 rings (SSSR count). The van der Waals surface area contributed by atoms with Crippen LogP contribution in [-0.2, 0) is 0 Å². The number of fused-ring (bicyclic) bond motifs is 3. The molecule has 0 saturated carbocycles. The molecule has 0 fully saturated rings. The summed E-state index contributed by atoms with van der Waals surface area (Å²) in [4.78, 5) is 10.3. The molecule has 0 atom stereocenters. The van der Waals surface area contributed by atoms with Crippen LogP contribution in [0, 0.1) is 13.8 Å². The Balaban J connectivity index is 1.12. The molecule has 3 nitrogen and oxygen atoms in total. The van der Waals surface area contributed by atoms with Crippen molar-refractivity contribution >= 4 is 21.8 Å². The van der Waals surface area contributed by atoms with E-state index >= 15 is 0 Å². The molecule has 0 aliphatic rings. The predicted molar refractivity (Wildman–Crippen MR) is 213 cm³/mol. The van der Waals surface area contributed by atoms with Crippen LogP contribution in [0.3, 0.4) is 0 Å². The van der Waals surface area contributed by atoms with Crippen LogP contribution >= 0.6 is 0 Å². The molecule has 2 heterocycles. The quantitative estimate of drug-likeness (QED) is 0.179. The number of hydrogen-bond donors (Lipinski definition) is 0. The van der Waals surface area contributed by atoms with E-state index in [4.69, 9.17) is 9.97 Å². The Kier molecular flexibility index (Phi) is 7.59. The normalized spacial score (nSPS) is 11.3. The molecule has 0 spiro atoms. The van der Waals surface area contributed by atoms with Crippen LogP contribution in [0.15, 0.2) is 176 Å². The first-order valence-electron chi connectivity index (χ1n) is 17.4. The van der Waals surface area contributed by atoms with Gasteiger partial charge in [0.05, 0.1) is 22.4 Å². The molecule has 3 heteroatoms. The Morgan fingerprint density at radius 1 is 0.373 bits per heavy atom. The second kappa shape index (κ2) is 12.7. The number of para-hydroxylation sites is 2. The van der Waals surface area contributed by atoms with E-state index in [-0.39, 0.29) is 0 Å². The Hall–Kier alpha value is -6.58. The summed E-state index contributed by atoms with van der Waals surface area (Å²) in [6.07, 6.45) is 0. The highest BCUT2D eigenvalue weighted by Crippen LogP contribution is 2.38. The number of benzene rings is 7. The maximum Gasteiger partial charge on any atom is 0.160 e. The van der Waals surface area contributed by atoms with Gasteiger partial charge < -0.3 is 4.57 Å². The van der Waals surface area contributed by atoms with Gasteiger partial charge in [-0.05, 0) is 65.9 Å². The number of nitrogens with zero attached hydrogens (tertiary/aromatic N) is 3. The van der Waals surface area contributed by atoms with Gasteiger partial charge in [0.15, 0.2) is 5.82 Å². The van der Waals surface area contributed by atoms with Crippen molar-refractivity contribution in [3.8, 4) is 61.8 Å². The van der Waals surface area contributed by atoms with Gasteiger partial charge in [-0.1, -0.05) is 152 Å².